The van der Waals surface area contributed by atoms with Crippen molar-refractivity contribution >= 4 is 5.97 Å². The first kappa shape index (κ1) is 15.1. The molecule has 0 aliphatic carbocycles. The summed E-state index contributed by atoms with van der Waals surface area (Å²) in [6, 6.07) is 9.46. The van der Waals surface area contributed by atoms with Crippen LogP contribution in [-0.2, 0) is 11.2 Å². The average molecular weight is 288 g/mol. The molecule has 0 aliphatic heterocycles. The van der Waals surface area contributed by atoms with Crippen molar-refractivity contribution in [3.8, 4) is 5.75 Å². The molecule has 1 aromatic heterocycles. The maximum Gasteiger partial charge on any atom is 0.358 e. The summed E-state index contributed by atoms with van der Waals surface area (Å²) in [4.78, 5) is 11.8. The number of hydrogen-bond acceptors (Lipinski definition) is 4. The van der Waals surface area contributed by atoms with Crippen LogP contribution < -0.4 is 4.74 Å². The Kier molecular flexibility index (Phi) is 5.37. The van der Waals surface area contributed by atoms with Gasteiger partial charge in [0, 0.05) is 5.69 Å². The SMILES string of the molecule is CCCc1cc(C(=O)OCCOc2ccccc2C)n[nH]1. The summed E-state index contributed by atoms with van der Waals surface area (Å²) in [6.07, 6.45) is 1.87. The van der Waals surface area contributed by atoms with E-state index in [0.29, 0.717) is 12.3 Å². The fraction of sp³-hybridized carbons (Fsp3) is 0.375. The average Bonchev–Trinajstić information content (AvgIpc) is 2.94. The zero-order valence-corrected chi connectivity index (χ0v) is 12.4. The molecule has 2 rings (SSSR count). The highest BCUT2D eigenvalue weighted by atomic mass is 16.6. The third-order valence-electron chi connectivity index (χ3n) is 3.03. The van der Waals surface area contributed by atoms with Crippen LogP contribution in [0.15, 0.2) is 30.3 Å². The maximum atomic E-state index is 11.8. The number of rotatable bonds is 7. The van der Waals surface area contributed by atoms with Gasteiger partial charge in [0.2, 0.25) is 0 Å². The van der Waals surface area contributed by atoms with Crippen LogP contribution in [0.3, 0.4) is 0 Å². The molecule has 1 heterocycles. The smallest absolute Gasteiger partial charge is 0.358 e. The first-order chi connectivity index (χ1) is 10.2. The van der Waals surface area contributed by atoms with E-state index in [2.05, 4.69) is 17.1 Å². The van der Waals surface area contributed by atoms with E-state index in [1.807, 2.05) is 31.2 Å². The maximum absolute atomic E-state index is 11.8. The van der Waals surface area contributed by atoms with Crippen LogP contribution in [0.5, 0.6) is 5.75 Å². The summed E-state index contributed by atoms with van der Waals surface area (Å²) in [5.41, 5.74) is 2.32. The van der Waals surface area contributed by atoms with Gasteiger partial charge in [-0.25, -0.2) is 4.79 Å². The van der Waals surface area contributed by atoms with E-state index in [1.54, 1.807) is 6.07 Å². The lowest BCUT2D eigenvalue weighted by Crippen LogP contribution is -2.13. The molecule has 0 atom stereocenters. The molecule has 5 heteroatoms. The number of nitrogens with zero attached hydrogens (tertiary/aromatic N) is 1. The second-order valence-electron chi connectivity index (χ2n) is 4.78. The quantitative estimate of drug-likeness (QED) is 0.628. The zero-order valence-electron chi connectivity index (χ0n) is 12.4. The summed E-state index contributed by atoms with van der Waals surface area (Å²) in [5, 5.41) is 6.77. The van der Waals surface area contributed by atoms with Crippen LogP contribution >= 0.6 is 0 Å². The zero-order chi connectivity index (χ0) is 15.1. The van der Waals surface area contributed by atoms with E-state index in [4.69, 9.17) is 9.47 Å². The summed E-state index contributed by atoms with van der Waals surface area (Å²) in [7, 11) is 0. The normalized spacial score (nSPS) is 10.4. The molecule has 0 fully saturated rings. The fourth-order valence-electron chi connectivity index (χ4n) is 1.94. The van der Waals surface area contributed by atoms with Crippen molar-refractivity contribution in [2.45, 2.75) is 26.7 Å². The van der Waals surface area contributed by atoms with Gasteiger partial charge in [-0.2, -0.15) is 5.10 Å². The second-order valence-corrected chi connectivity index (χ2v) is 4.78. The van der Waals surface area contributed by atoms with Crippen molar-refractivity contribution in [2.24, 2.45) is 0 Å². The number of benzene rings is 1. The minimum absolute atomic E-state index is 0.198. The highest BCUT2D eigenvalue weighted by Crippen LogP contribution is 2.15. The van der Waals surface area contributed by atoms with Gasteiger partial charge >= 0.3 is 5.97 Å². The summed E-state index contributed by atoms with van der Waals surface area (Å²) in [6.45, 7) is 4.56. The number of aromatic nitrogens is 2. The van der Waals surface area contributed by atoms with Crippen LogP contribution in [0.1, 0.15) is 35.1 Å². The number of aryl methyl sites for hydroxylation is 2. The number of carbonyl (C=O) groups excluding carboxylic acids is 1. The lowest BCUT2D eigenvalue weighted by Gasteiger charge is -2.08. The first-order valence-corrected chi connectivity index (χ1v) is 7.10. The van der Waals surface area contributed by atoms with E-state index in [-0.39, 0.29) is 6.61 Å². The first-order valence-electron chi connectivity index (χ1n) is 7.10. The molecule has 5 nitrogen and oxygen atoms in total. The molecular weight excluding hydrogens is 268 g/mol. The molecule has 0 radical (unpaired) electrons. The van der Waals surface area contributed by atoms with Gasteiger partial charge in [-0.3, -0.25) is 5.10 Å². The van der Waals surface area contributed by atoms with Gasteiger partial charge in [0.1, 0.15) is 19.0 Å². The Morgan fingerprint density at radius 3 is 2.86 bits per heavy atom. The third-order valence-corrected chi connectivity index (χ3v) is 3.03. The van der Waals surface area contributed by atoms with Crippen molar-refractivity contribution in [3.05, 3.63) is 47.3 Å². The highest BCUT2D eigenvalue weighted by molar-refractivity contribution is 5.87. The lowest BCUT2D eigenvalue weighted by molar-refractivity contribution is 0.0443. The Bertz CT molecular complexity index is 593. The number of esters is 1. The van der Waals surface area contributed by atoms with Gasteiger partial charge in [0.05, 0.1) is 0 Å². The van der Waals surface area contributed by atoms with Crippen molar-refractivity contribution < 1.29 is 14.3 Å². The van der Waals surface area contributed by atoms with Gasteiger partial charge in [-0.15, -0.1) is 0 Å². The molecule has 112 valence electrons. The number of aromatic amines is 1. The van der Waals surface area contributed by atoms with E-state index in [1.165, 1.54) is 0 Å². The summed E-state index contributed by atoms with van der Waals surface area (Å²) < 4.78 is 10.7. The van der Waals surface area contributed by atoms with Crippen LogP contribution in [0.4, 0.5) is 0 Å². The Morgan fingerprint density at radius 1 is 1.29 bits per heavy atom. The highest BCUT2D eigenvalue weighted by Gasteiger charge is 2.11. The number of hydrogen-bond donors (Lipinski definition) is 1. The molecule has 0 unspecified atom stereocenters. The molecule has 0 spiro atoms. The molecule has 1 N–H and O–H groups in total. The van der Waals surface area contributed by atoms with Gasteiger partial charge < -0.3 is 9.47 Å². The summed E-state index contributed by atoms with van der Waals surface area (Å²) in [5.74, 6) is 0.375. The molecular formula is C16H20N2O3. The largest absolute Gasteiger partial charge is 0.490 e. The Hall–Kier alpha value is -2.30. The predicted octanol–water partition coefficient (Wildman–Crippen LogP) is 2.91. The number of ether oxygens (including phenoxy) is 2. The lowest BCUT2D eigenvalue weighted by atomic mass is 10.2. The third kappa shape index (κ3) is 4.34. The van der Waals surface area contributed by atoms with Gasteiger partial charge in [0.25, 0.3) is 0 Å². The second kappa shape index (κ2) is 7.47. The van der Waals surface area contributed by atoms with Crippen molar-refractivity contribution in [1.29, 1.82) is 0 Å². The molecule has 1 aromatic carbocycles. The topological polar surface area (TPSA) is 64.2 Å². The van der Waals surface area contributed by atoms with E-state index >= 15 is 0 Å². The Balaban J connectivity index is 1.75. The Morgan fingerprint density at radius 2 is 2.10 bits per heavy atom. The van der Waals surface area contributed by atoms with E-state index < -0.39 is 5.97 Å². The monoisotopic (exact) mass is 288 g/mol. The van der Waals surface area contributed by atoms with Gasteiger partial charge in [-0.05, 0) is 31.0 Å². The molecule has 0 saturated heterocycles. The molecule has 0 amide bonds. The van der Waals surface area contributed by atoms with Gasteiger partial charge in [-0.1, -0.05) is 31.5 Å². The van der Waals surface area contributed by atoms with Crippen LogP contribution in [0.25, 0.3) is 0 Å². The molecule has 21 heavy (non-hydrogen) atoms. The van der Waals surface area contributed by atoms with Crippen LogP contribution in [0.2, 0.25) is 0 Å². The van der Waals surface area contributed by atoms with Gasteiger partial charge in [0.15, 0.2) is 5.69 Å². The van der Waals surface area contributed by atoms with Crippen LogP contribution in [-0.4, -0.2) is 29.4 Å². The standard InChI is InChI=1S/C16H20N2O3/c1-3-6-13-11-14(18-17-13)16(19)21-10-9-20-15-8-5-4-7-12(15)2/h4-5,7-8,11H,3,6,9-10H2,1-2H3,(H,17,18). The van der Waals surface area contributed by atoms with E-state index in [0.717, 1.165) is 29.8 Å². The number of nitrogens with one attached hydrogen (secondary N) is 1. The van der Waals surface area contributed by atoms with Crippen molar-refractivity contribution in [2.75, 3.05) is 13.2 Å². The van der Waals surface area contributed by atoms with Crippen molar-refractivity contribution in [1.82, 2.24) is 10.2 Å². The molecule has 0 bridgehead atoms. The number of carbonyl (C=O) groups is 1. The van der Waals surface area contributed by atoms with E-state index in [9.17, 15) is 4.79 Å². The van der Waals surface area contributed by atoms with Crippen molar-refractivity contribution in [3.63, 3.8) is 0 Å². The number of para-hydroxylation sites is 1. The molecule has 0 saturated carbocycles. The minimum Gasteiger partial charge on any atom is -0.490 e. The number of H-pyrrole nitrogens is 1. The Labute approximate surface area is 124 Å². The molecule has 0 aliphatic rings. The summed E-state index contributed by atoms with van der Waals surface area (Å²) >= 11 is 0. The predicted molar refractivity (Wildman–Crippen MR) is 79.5 cm³/mol. The molecule has 2 aromatic rings. The van der Waals surface area contributed by atoms with Crippen LogP contribution in [0, 0.1) is 6.92 Å². The minimum atomic E-state index is -0.429. The fourth-order valence-corrected chi connectivity index (χ4v) is 1.94.